The monoisotopic (exact) mass is 207 g/mol. The smallest absolute Gasteiger partial charge is 0.307 e. The van der Waals surface area contributed by atoms with Crippen molar-refractivity contribution in [3.05, 3.63) is 35.4 Å². The first-order chi connectivity index (χ1) is 7.13. The summed E-state index contributed by atoms with van der Waals surface area (Å²) in [7, 11) is 0. The van der Waals surface area contributed by atoms with Crippen LogP contribution in [0.2, 0.25) is 0 Å². The minimum Gasteiger partial charge on any atom is -0.481 e. The van der Waals surface area contributed by atoms with Crippen molar-refractivity contribution in [2.24, 2.45) is 0 Å². The zero-order valence-corrected chi connectivity index (χ0v) is 8.18. The first kappa shape index (κ1) is 11.3. The Balaban J connectivity index is 2.78. The lowest BCUT2D eigenvalue weighted by molar-refractivity contribution is -0.135. The zero-order valence-electron chi connectivity index (χ0n) is 8.18. The predicted molar refractivity (Wildman–Crippen MR) is 58.1 cm³/mol. The van der Waals surface area contributed by atoms with Gasteiger partial charge in [-0.2, -0.15) is 0 Å². The van der Waals surface area contributed by atoms with Crippen molar-refractivity contribution in [3.8, 4) is 0 Å². The number of benzene rings is 1. The molecule has 0 aliphatic rings. The van der Waals surface area contributed by atoms with E-state index < -0.39 is 5.97 Å². The molecule has 4 N–H and O–H groups in total. The van der Waals surface area contributed by atoms with Crippen LogP contribution in [0.4, 0.5) is 5.69 Å². The number of nitrogen functional groups attached to an aromatic ring is 1. The fourth-order valence-electron chi connectivity index (χ4n) is 1.16. The number of carboxylic acids is 1. The molecule has 1 aromatic rings. The van der Waals surface area contributed by atoms with Crippen molar-refractivity contribution >= 4 is 17.7 Å². The van der Waals surface area contributed by atoms with Crippen LogP contribution in [0.5, 0.6) is 0 Å². The van der Waals surface area contributed by atoms with Gasteiger partial charge < -0.3 is 15.9 Å². The molecule has 0 radical (unpaired) electrons. The van der Waals surface area contributed by atoms with Gasteiger partial charge in [0.1, 0.15) is 0 Å². The molecule has 0 amide bonds. The summed E-state index contributed by atoms with van der Waals surface area (Å²) in [6.45, 7) is -0.119. The second-order valence-corrected chi connectivity index (χ2v) is 3.12. The van der Waals surface area contributed by atoms with Crippen LogP contribution in [0.25, 0.3) is 6.08 Å². The Morgan fingerprint density at radius 1 is 1.47 bits per heavy atom. The highest BCUT2D eigenvalue weighted by atomic mass is 16.4. The van der Waals surface area contributed by atoms with Crippen LogP contribution in [0, 0.1) is 0 Å². The van der Waals surface area contributed by atoms with Crippen LogP contribution in [0.3, 0.4) is 0 Å². The van der Waals surface area contributed by atoms with Crippen molar-refractivity contribution in [2.45, 2.75) is 13.0 Å². The number of carboxylic acid groups (broad SMARTS) is 1. The van der Waals surface area contributed by atoms with E-state index in [1.54, 1.807) is 30.4 Å². The number of aliphatic hydroxyl groups excluding tert-OH is 1. The Morgan fingerprint density at radius 3 is 2.80 bits per heavy atom. The standard InChI is InChI=1S/C11H13NO3/c12-10-5-4-8(6-9(10)7-13)2-1-3-11(14)15/h1-2,4-6,13H,3,7,12H2,(H,14,15). The number of anilines is 1. The molecule has 0 aliphatic carbocycles. The summed E-state index contributed by atoms with van der Waals surface area (Å²) in [5.41, 5.74) is 7.61. The van der Waals surface area contributed by atoms with Crippen LogP contribution >= 0.6 is 0 Å². The molecular weight excluding hydrogens is 194 g/mol. The minimum absolute atomic E-state index is 0.0150. The summed E-state index contributed by atoms with van der Waals surface area (Å²) in [6, 6.07) is 5.19. The van der Waals surface area contributed by atoms with Gasteiger partial charge in [0.25, 0.3) is 0 Å². The summed E-state index contributed by atoms with van der Waals surface area (Å²) in [4.78, 5) is 10.3. The summed E-state index contributed by atoms with van der Waals surface area (Å²) in [6.07, 6.45) is 3.22. The third-order valence-electron chi connectivity index (χ3n) is 1.94. The molecule has 0 atom stereocenters. The highest BCUT2D eigenvalue weighted by Crippen LogP contribution is 2.15. The average Bonchev–Trinajstić information content (AvgIpc) is 2.20. The van der Waals surface area contributed by atoms with Gasteiger partial charge in [-0.25, -0.2) is 0 Å². The van der Waals surface area contributed by atoms with E-state index >= 15 is 0 Å². The first-order valence-electron chi connectivity index (χ1n) is 4.51. The molecule has 1 aromatic carbocycles. The van der Waals surface area contributed by atoms with Gasteiger partial charge in [0.05, 0.1) is 13.0 Å². The van der Waals surface area contributed by atoms with Crippen LogP contribution in [0.1, 0.15) is 17.5 Å². The van der Waals surface area contributed by atoms with Crippen molar-refractivity contribution in [1.29, 1.82) is 0 Å². The van der Waals surface area contributed by atoms with E-state index in [2.05, 4.69) is 0 Å². The number of hydrogen-bond acceptors (Lipinski definition) is 3. The maximum Gasteiger partial charge on any atom is 0.307 e. The fourth-order valence-corrected chi connectivity index (χ4v) is 1.16. The summed E-state index contributed by atoms with van der Waals surface area (Å²) >= 11 is 0. The SMILES string of the molecule is Nc1ccc(C=CCC(=O)O)cc1CO. The third-order valence-corrected chi connectivity index (χ3v) is 1.94. The minimum atomic E-state index is -0.871. The van der Waals surface area contributed by atoms with Crippen LogP contribution < -0.4 is 5.73 Å². The van der Waals surface area contributed by atoms with E-state index in [1.165, 1.54) is 0 Å². The lowest BCUT2D eigenvalue weighted by atomic mass is 10.1. The van der Waals surface area contributed by atoms with Gasteiger partial charge in [-0.1, -0.05) is 18.2 Å². The molecule has 0 aliphatic heterocycles. The molecule has 0 saturated heterocycles. The second-order valence-electron chi connectivity index (χ2n) is 3.12. The number of nitrogens with two attached hydrogens (primary N) is 1. The maximum absolute atomic E-state index is 10.3. The molecule has 0 unspecified atom stereocenters. The zero-order chi connectivity index (χ0) is 11.3. The average molecular weight is 207 g/mol. The van der Waals surface area contributed by atoms with Crippen molar-refractivity contribution in [3.63, 3.8) is 0 Å². The quantitative estimate of drug-likeness (QED) is 0.649. The van der Waals surface area contributed by atoms with Crippen molar-refractivity contribution < 1.29 is 15.0 Å². The van der Waals surface area contributed by atoms with Crippen molar-refractivity contribution in [1.82, 2.24) is 0 Å². The predicted octanol–water partition coefficient (Wildman–Crippen LogP) is 1.25. The number of aliphatic carboxylic acids is 1. The van der Waals surface area contributed by atoms with Gasteiger partial charge in [-0.3, -0.25) is 4.79 Å². The molecule has 0 fully saturated rings. The fraction of sp³-hybridized carbons (Fsp3) is 0.182. The first-order valence-corrected chi connectivity index (χ1v) is 4.51. The Labute approximate surface area is 87.7 Å². The Morgan fingerprint density at radius 2 is 2.20 bits per heavy atom. The molecule has 0 heterocycles. The van der Waals surface area contributed by atoms with Gasteiger partial charge in [-0.05, 0) is 17.7 Å². The molecular formula is C11H13NO3. The lowest BCUT2D eigenvalue weighted by Gasteiger charge is -2.02. The van der Waals surface area contributed by atoms with Gasteiger partial charge >= 0.3 is 5.97 Å². The van der Waals surface area contributed by atoms with Gasteiger partial charge in [0, 0.05) is 11.3 Å². The van der Waals surface area contributed by atoms with Crippen LogP contribution in [0.15, 0.2) is 24.3 Å². The second kappa shape index (κ2) is 5.17. The third kappa shape index (κ3) is 3.44. The van der Waals surface area contributed by atoms with Gasteiger partial charge in [-0.15, -0.1) is 0 Å². The van der Waals surface area contributed by atoms with E-state index in [0.717, 1.165) is 5.56 Å². The Kier molecular flexibility index (Phi) is 3.88. The summed E-state index contributed by atoms with van der Waals surface area (Å²) in [5.74, 6) is -0.871. The van der Waals surface area contributed by atoms with Crippen molar-refractivity contribution in [2.75, 3.05) is 5.73 Å². The van der Waals surface area contributed by atoms with E-state index in [4.69, 9.17) is 15.9 Å². The number of aliphatic hydroxyl groups is 1. The topological polar surface area (TPSA) is 83.6 Å². The molecule has 1 rings (SSSR count). The highest BCUT2D eigenvalue weighted by Gasteiger charge is 1.97. The number of carbonyl (C=O) groups is 1. The van der Waals surface area contributed by atoms with E-state index in [9.17, 15) is 4.79 Å². The lowest BCUT2D eigenvalue weighted by Crippen LogP contribution is -1.94. The molecule has 0 aromatic heterocycles. The van der Waals surface area contributed by atoms with Gasteiger partial charge in [0.15, 0.2) is 0 Å². The normalized spacial score (nSPS) is 10.7. The number of hydrogen-bond donors (Lipinski definition) is 3. The molecule has 0 saturated carbocycles. The number of rotatable bonds is 4. The molecule has 0 bridgehead atoms. The highest BCUT2D eigenvalue weighted by molar-refractivity contribution is 5.70. The largest absolute Gasteiger partial charge is 0.481 e. The molecule has 4 nitrogen and oxygen atoms in total. The maximum atomic E-state index is 10.3. The van der Waals surface area contributed by atoms with Gasteiger partial charge in [0.2, 0.25) is 0 Å². The van der Waals surface area contributed by atoms with E-state index in [0.29, 0.717) is 11.3 Å². The van der Waals surface area contributed by atoms with Crippen LogP contribution in [-0.2, 0) is 11.4 Å². The molecule has 80 valence electrons. The summed E-state index contributed by atoms with van der Waals surface area (Å²) < 4.78 is 0. The Bertz CT molecular complexity index is 385. The van der Waals surface area contributed by atoms with E-state index in [1.807, 2.05) is 0 Å². The summed E-state index contributed by atoms with van der Waals surface area (Å²) in [5, 5.41) is 17.4. The van der Waals surface area contributed by atoms with E-state index in [-0.39, 0.29) is 13.0 Å². The van der Waals surface area contributed by atoms with Crippen LogP contribution in [-0.4, -0.2) is 16.2 Å². The Hall–Kier alpha value is -1.81. The molecule has 0 spiro atoms. The molecule has 15 heavy (non-hydrogen) atoms. The molecule has 4 heteroatoms.